The predicted octanol–water partition coefficient (Wildman–Crippen LogP) is 1.75. The van der Waals surface area contributed by atoms with Gasteiger partial charge in [-0.05, 0) is 13.8 Å². The molecule has 1 N–H and O–H groups in total. The van der Waals surface area contributed by atoms with Gasteiger partial charge in [-0.1, -0.05) is 11.3 Å². The quantitative estimate of drug-likeness (QED) is 0.866. The zero-order chi connectivity index (χ0) is 12.3. The molecule has 0 fully saturated rings. The Bertz CT molecular complexity index is 436. The molecule has 0 aliphatic rings. The number of rotatable bonds is 4. The molecule has 6 heteroatoms. The number of nitriles is 1. The zero-order valence-electron chi connectivity index (χ0n) is 9.39. The number of hydrogen-bond donors (Lipinski definition) is 1. The maximum absolute atomic E-state index is 10.8. The highest BCUT2D eigenvalue weighted by Crippen LogP contribution is 2.25. The maximum Gasteiger partial charge on any atom is 0.347 e. The van der Waals surface area contributed by atoms with Crippen molar-refractivity contribution in [2.75, 3.05) is 18.5 Å². The third kappa shape index (κ3) is 2.70. The second-order valence-corrected chi connectivity index (χ2v) is 4.60. The lowest BCUT2D eigenvalue weighted by molar-refractivity contribution is 0.0701. The molecule has 1 aromatic heterocycles. The van der Waals surface area contributed by atoms with E-state index in [1.807, 2.05) is 6.92 Å². The van der Waals surface area contributed by atoms with Gasteiger partial charge in [0.25, 0.3) is 0 Å². The first kappa shape index (κ1) is 12.5. The highest BCUT2D eigenvalue weighted by atomic mass is 32.1. The first-order valence-electron chi connectivity index (χ1n) is 4.77. The average molecular weight is 239 g/mol. The molecule has 0 radical (unpaired) electrons. The minimum Gasteiger partial charge on any atom is -0.477 e. The SMILES string of the molecule is Cc1nc(N(C)CC(C)C#N)sc1C(=O)O. The molecule has 5 nitrogen and oxygen atoms in total. The second-order valence-electron chi connectivity index (χ2n) is 3.63. The molecule has 0 saturated carbocycles. The molecule has 0 spiro atoms. The summed E-state index contributed by atoms with van der Waals surface area (Å²) in [4.78, 5) is 17.1. The van der Waals surface area contributed by atoms with Crippen molar-refractivity contribution in [1.29, 1.82) is 5.26 Å². The summed E-state index contributed by atoms with van der Waals surface area (Å²) in [6.45, 7) is 4.03. The number of carboxylic acids is 1. The number of aromatic carboxylic acids is 1. The van der Waals surface area contributed by atoms with E-state index in [4.69, 9.17) is 10.4 Å². The first-order chi connectivity index (χ1) is 7.45. The number of anilines is 1. The fraction of sp³-hybridized carbons (Fsp3) is 0.500. The van der Waals surface area contributed by atoms with E-state index in [2.05, 4.69) is 11.1 Å². The maximum atomic E-state index is 10.8. The molecule has 1 heterocycles. The Morgan fingerprint density at radius 3 is 2.81 bits per heavy atom. The largest absolute Gasteiger partial charge is 0.477 e. The summed E-state index contributed by atoms with van der Waals surface area (Å²) in [5, 5.41) is 18.2. The number of carboxylic acid groups (broad SMARTS) is 1. The summed E-state index contributed by atoms with van der Waals surface area (Å²) in [6.07, 6.45) is 0. The van der Waals surface area contributed by atoms with Crippen LogP contribution in [0.2, 0.25) is 0 Å². The predicted molar refractivity (Wildman–Crippen MR) is 61.9 cm³/mol. The molecule has 1 atom stereocenters. The van der Waals surface area contributed by atoms with Gasteiger partial charge in [-0.15, -0.1) is 0 Å². The Hall–Kier alpha value is -1.61. The summed E-state index contributed by atoms with van der Waals surface area (Å²) in [5.41, 5.74) is 0.518. The third-order valence-electron chi connectivity index (χ3n) is 2.07. The van der Waals surface area contributed by atoms with Crippen molar-refractivity contribution >= 4 is 22.4 Å². The van der Waals surface area contributed by atoms with Crippen LogP contribution < -0.4 is 4.90 Å². The topological polar surface area (TPSA) is 77.2 Å². The van der Waals surface area contributed by atoms with Gasteiger partial charge in [0.2, 0.25) is 0 Å². The van der Waals surface area contributed by atoms with Crippen LogP contribution >= 0.6 is 11.3 Å². The van der Waals surface area contributed by atoms with Gasteiger partial charge in [0.05, 0.1) is 17.7 Å². The number of aryl methyl sites for hydroxylation is 1. The van der Waals surface area contributed by atoms with E-state index >= 15 is 0 Å². The van der Waals surface area contributed by atoms with Crippen molar-refractivity contribution in [3.05, 3.63) is 10.6 Å². The normalized spacial score (nSPS) is 11.9. The molecule has 0 aliphatic heterocycles. The van der Waals surface area contributed by atoms with Crippen LogP contribution in [0.15, 0.2) is 0 Å². The molecular weight excluding hydrogens is 226 g/mol. The van der Waals surface area contributed by atoms with Crippen molar-refractivity contribution in [3.8, 4) is 6.07 Å². The van der Waals surface area contributed by atoms with Crippen LogP contribution in [-0.2, 0) is 0 Å². The highest BCUT2D eigenvalue weighted by Gasteiger charge is 2.17. The third-order valence-corrected chi connectivity index (χ3v) is 3.33. The number of nitrogens with zero attached hydrogens (tertiary/aromatic N) is 3. The molecule has 0 aliphatic carbocycles. The van der Waals surface area contributed by atoms with Gasteiger partial charge in [-0.25, -0.2) is 9.78 Å². The fourth-order valence-corrected chi connectivity index (χ4v) is 2.15. The molecular formula is C10H13N3O2S. The summed E-state index contributed by atoms with van der Waals surface area (Å²) in [7, 11) is 1.80. The standard InChI is InChI=1S/C10H13N3O2S/c1-6(4-11)5-13(3)10-12-7(2)8(16-10)9(14)15/h6H,5H2,1-3H3,(H,14,15). The van der Waals surface area contributed by atoms with Gasteiger partial charge in [-0.2, -0.15) is 5.26 Å². The van der Waals surface area contributed by atoms with Crippen LogP contribution in [0, 0.1) is 24.2 Å². The molecule has 1 unspecified atom stereocenters. The molecule has 0 bridgehead atoms. The van der Waals surface area contributed by atoms with Gasteiger partial charge < -0.3 is 10.0 Å². The van der Waals surface area contributed by atoms with Crippen LogP contribution in [0.3, 0.4) is 0 Å². The van der Waals surface area contributed by atoms with Crippen LogP contribution in [0.1, 0.15) is 22.3 Å². The van der Waals surface area contributed by atoms with Gasteiger partial charge in [0.15, 0.2) is 5.13 Å². The molecule has 0 amide bonds. The monoisotopic (exact) mass is 239 g/mol. The molecule has 86 valence electrons. The minimum atomic E-state index is -0.956. The minimum absolute atomic E-state index is 0.109. The van der Waals surface area contributed by atoms with E-state index in [1.165, 1.54) is 0 Å². The lowest BCUT2D eigenvalue weighted by atomic mass is 10.2. The molecule has 16 heavy (non-hydrogen) atoms. The summed E-state index contributed by atoms with van der Waals surface area (Å²) < 4.78 is 0. The van der Waals surface area contributed by atoms with E-state index in [9.17, 15) is 4.79 Å². The van der Waals surface area contributed by atoms with Crippen molar-refractivity contribution in [2.24, 2.45) is 5.92 Å². The van der Waals surface area contributed by atoms with Crippen LogP contribution in [-0.4, -0.2) is 29.7 Å². The summed E-state index contributed by atoms with van der Waals surface area (Å²) in [5.74, 6) is -1.06. The Kier molecular flexibility index (Phi) is 3.85. The smallest absolute Gasteiger partial charge is 0.347 e. The van der Waals surface area contributed by atoms with E-state index in [-0.39, 0.29) is 10.8 Å². The number of aromatic nitrogens is 1. The molecule has 0 saturated heterocycles. The highest BCUT2D eigenvalue weighted by molar-refractivity contribution is 7.17. The average Bonchev–Trinajstić information content (AvgIpc) is 2.60. The molecule has 1 aromatic rings. The zero-order valence-corrected chi connectivity index (χ0v) is 10.2. The Morgan fingerprint density at radius 1 is 1.75 bits per heavy atom. The number of carbonyl (C=O) groups is 1. The first-order valence-corrected chi connectivity index (χ1v) is 5.58. The lowest BCUT2D eigenvalue weighted by Gasteiger charge is -2.16. The Morgan fingerprint density at radius 2 is 2.38 bits per heavy atom. The fourth-order valence-electron chi connectivity index (χ4n) is 1.27. The van der Waals surface area contributed by atoms with Crippen LogP contribution in [0.5, 0.6) is 0 Å². The summed E-state index contributed by atoms with van der Waals surface area (Å²) in [6, 6.07) is 2.13. The second kappa shape index (κ2) is 4.94. The van der Waals surface area contributed by atoms with E-state index in [1.54, 1.807) is 18.9 Å². The van der Waals surface area contributed by atoms with E-state index in [0.717, 1.165) is 11.3 Å². The number of hydrogen-bond acceptors (Lipinski definition) is 5. The van der Waals surface area contributed by atoms with Gasteiger partial charge in [-0.3, -0.25) is 0 Å². The van der Waals surface area contributed by atoms with Gasteiger partial charge in [0, 0.05) is 13.6 Å². The van der Waals surface area contributed by atoms with Crippen molar-refractivity contribution in [2.45, 2.75) is 13.8 Å². The van der Waals surface area contributed by atoms with E-state index < -0.39 is 5.97 Å². The Labute approximate surface area is 98.0 Å². The van der Waals surface area contributed by atoms with Crippen molar-refractivity contribution in [3.63, 3.8) is 0 Å². The number of thiazole rings is 1. The van der Waals surface area contributed by atoms with Crippen LogP contribution in [0.4, 0.5) is 5.13 Å². The molecule has 1 rings (SSSR count). The van der Waals surface area contributed by atoms with Crippen LogP contribution in [0.25, 0.3) is 0 Å². The summed E-state index contributed by atoms with van der Waals surface area (Å²) >= 11 is 1.13. The lowest BCUT2D eigenvalue weighted by Crippen LogP contribution is -2.22. The molecule has 0 aromatic carbocycles. The van der Waals surface area contributed by atoms with Crippen molar-refractivity contribution < 1.29 is 9.90 Å². The Balaban J connectivity index is 2.85. The van der Waals surface area contributed by atoms with Gasteiger partial charge >= 0.3 is 5.97 Å². The van der Waals surface area contributed by atoms with Crippen molar-refractivity contribution in [1.82, 2.24) is 4.98 Å². The van der Waals surface area contributed by atoms with E-state index in [0.29, 0.717) is 17.4 Å². The van der Waals surface area contributed by atoms with Gasteiger partial charge in [0.1, 0.15) is 4.88 Å².